The van der Waals surface area contributed by atoms with Crippen LogP contribution in [0.1, 0.15) is 25.0 Å². The van der Waals surface area contributed by atoms with E-state index in [2.05, 4.69) is 26.5 Å². The molecule has 5 rings (SSSR count). The molecule has 7 heteroatoms. The number of pyridine rings is 2. The molecule has 6 nitrogen and oxygen atoms in total. The molecule has 2 heterocycles. The topological polar surface area (TPSA) is 81.2 Å². The highest BCUT2D eigenvalue weighted by Gasteiger charge is 2.21. The van der Waals surface area contributed by atoms with Crippen LogP contribution in [0.3, 0.4) is 0 Å². The maximum absolute atomic E-state index is 13.5. The highest BCUT2D eigenvalue weighted by molar-refractivity contribution is 7.93. The van der Waals surface area contributed by atoms with Gasteiger partial charge in [0.1, 0.15) is 10.6 Å². The fourth-order valence-electron chi connectivity index (χ4n) is 3.93. The minimum absolute atomic E-state index is 0.0589. The molecule has 0 saturated carbocycles. The van der Waals surface area contributed by atoms with E-state index in [1.54, 1.807) is 55.0 Å². The molecule has 0 saturated heterocycles. The highest BCUT2D eigenvalue weighted by Crippen LogP contribution is 2.31. The van der Waals surface area contributed by atoms with Gasteiger partial charge in [-0.1, -0.05) is 48.2 Å². The van der Waals surface area contributed by atoms with Crippen LogP contribution in [-0.4, -0.2) is 24.5 Å². The number of aromatic nitrogens is 2. The highest BCUT2D eigenvalue weighted by atomic mass is 32.2. The fraction of sp³-hybridized carbons (Fsp3) is 0.103. The summed E-state index contributed by atoms with van der Waals surface area (Å²) in [6.45, 7) is 3.83. The summed E-state index contributed by atoms with van der Waals surface area (Å²) >= 11 is 0. The molecule has 0 bridgehead atoms. The summed E-state index contributed by atoms with van der Waals surface area (Å²) in [5.74, 6) is 6.85. The lowest BCUT2D eigenvalue weighted by Crippen LogP contribution is -2.15. The number of nitrogens with zero attached hydrogens (tertiary/aromatic N) is 2. The average molecular weight is 494 g/mol. The Bertz CT molecular complexity index is 1750. The summed E-state index contributed by atoms with van der Waals surface area (Å²) in [6, 6.07) is 21.7. The smallest absolute Gasteiger partial charge is 0.264 e. The van der Waals surface area contributed by atoms with Crippen molar-refractivity contribution in [3.05, 3.63) is 103 Å². The molecule has 0 aliphatic carbocycles. The summed E-state index contributed by atoms with van der Waals surface area (Å²) in [4.78, 5) is 8.68. The SMILES string of the molecule is CC(C)Oc1ccc(S(=O)(=O)Nc2ccccc2C#Cc2cncc3ccccc23)c2ncccc12. The van der Waals surface area contributed by atoms with E-state index < -0.39 is 10.0 Å². The molecule has 2 aromatic heterocycles. The van der Waals surface area contributed by atoms with Gasteiger partial charge in [-0.3, -0.25) is 14.7 Å². The molecule has 0 fully saturated rings. The maximum atomic E-state index is 13.5. The Balaban J connectivity index is 1.53. The van der Waals surface area contributed by atoms with Crippen molar-refractivity contribution >= 4 is 37.4 Å². The van der Waals surface area contributed by atoms with Crippen LogP contribution < -0.4 is 9.46 Å². The van der Waals surface area contributed by atoms with Crippen molar-refractivity contribution in [2.45, 2.75) is 24.8 Å². The molecule has 178 valence electrons. The summed E-state index contributed by atoms with van der Waals surface area (Å²) in [5, 5.41) is 2.60. The first-order chi connectivity index (χ1) is 17.4. The maximum Gasteiger partial charge on any atom is 0.264 e. The third-order valence-corrected chi connectivity index (χ3v) is 6.91. The lowest BCUT2D eigenvalue weighted by atomic mass is 10.1. The van der Waals surface area contributed by atoms with Crippen LogP contribution in [0.5, 0.6) is 5.75 Å². The number of hydrogen-bond acceptors (Lipinski definition) is 5. The largest absolute Gasteiger partial charge is 0.490 e. The molecule has 0 aliphatic rings. The van der Waals surface area contributed by atoms with Crippen molar-refractivity contribution in [3.63, 3.8) is 0 Å². The zero-order chi connectivity index (χ0) is 25.1. The van der Waals surface area contributed by atoms with Crippen LogP contribution in [0, 0.1) is 11.8 Å². The van der Waals surface area contributed by atoms with Gasteiger partial charge in [0.05, 0.1) is 22.9 Å². The number of nitrogens with one attached hydrogen (secondary N) is 1. The van der Waals surface area contributed by atoms with E-state index in [9.17, 15) is 8.42 Å². The van der Waals surface area contributed by atoms with Gasteiger partial charge in [0.2, 0.25) is 0 Å². The molecule has 0 spiro atoms. The van der Waals surface area contributed by atoms with Gasteiger partial charge in [0.25, 0.3) is 10.0 Å². The average Bonchev–Trinajstić information content (AvgIpc) is 2.88. The van der Waals surface area contributed by atoms with Gasteiger partial charge < -0.3 is 4.74 Å². The number of anilines is 1. The number of fused-ring (bicyclic) bond motifs is 2. The second-order valence-electron chi connectivity index (χ2n) is 8.44. The molecular formula is C29H23N3O3S. The van der Waals surface area contributed by atoms with Crippen LogP contribution in [0.15, 0.2) is 96.3 Å². The van der Waals surface area contributed by atoms with E-state index in [0.29, 0.717) is 27.9 Å². The lowest BCUT2D eigenvalue weighted by Gasteiger charge is -2.15. The van der Waals surface area contributed by atoms with Crippen molar-refractivity contribution in [3.8, 4) is 17.6 Å². The van der Waals surface area contributed by atoms with Gasteiger partial charge in [-0.05, 0) is 50.2 Å². The molecule has 36 heavy (non-hydrogen) atoms. The Morgan fingerprint density at radius 2 is 1.58 bits per heavy atom. The third kappa shape index (κ3) is 4.72. The standard InChI is InChI=1S/C29H23N3O3S/c1-20(2)35-27-15-16-28(29-25(27)11-7-17-31-29)36(33,34)32-26-12-6-4-8-21(26)13-14-23-19-30-18-22-9-3-5-10-24(22)23/h3-12,15-20,32H,1-2H3. The predicted molar refractivity (Wildman–Crippen MR) is 142 cm³/mol. The monoisotopic (exact) mass is 493 g/mol. The van der Waals surface area contributed by atoms with E-state index in [1.165, 1.54) is 6.07 Å². The number of ether oxygens (including phenoxy) is 1. The lowest BCUT2D eigenvalue weighted by molar-refractivity contribution is 0.245. The minimum atomic E-state index is -3.97. The number of benzene rings is 3. The molecule has 3 aromatic carbocycles. The molecule has 5 aromatic rings. The third-order valence-electron chi connectivity index (χ3n) is 5.52. The predicted octanol–water partition coefficient (Wildman–Crippen LogP) is 5.77. The van der Waals surface area contributed by atoms with Gasteiger partial charge in [-0.25, -0.2) is 8.42 Å². The van der Waals surface area contributed by atoms with E-state index in [4.69, 9.17) is 4.74 Å². The van der Waals surface area contributed by atoms with Crippen molar-refractivity contribution in [2.75, 3.05) is 4.72 Å². The van der Waals surface area contributed by atoms with Gasteiger partial charge in [-0.15, -0.1) is 0 Å². The summed E-state index contributed by atoms with van der Waals surface area (Å²) in [6.07, 6.45) is 5.01. The van der Waals surface area contributed by atoms with Crippen molar-refractivity contribution in [1.82, 2.24) is 9.97 Å². The summed E-state index contributed by atoms with van der Waals surface area (Å²) < 4.78 is 35.6. The van der Waals surface area contributed by atoms with Crippen LogP contribution in [0.4, 0.5) is 5.69 Å². The second kappa shape index (κ2) is 9.68. The first-order valence-electron chi connectivity index (χ1n) is 11.4. The molecule has 0 atom stereocenters. The Morgan fingerprint density at radius 3 is 2.44 bits per heavy atom. The molecule has 0 radical (unpaired) electrons. The van der Waals surface area contributed by atoms with Crippen molar-refractivity contribution < 1.29 is 13.2 Å². The summed E-state index contributed by atoms with van der Waals surface area (Å²) in [7, 11) is -3.97. The second-order valence-corrected chi connectivity index (χ2v) is 10.1. The number of para-hydroxylation sites is 1. The molecule has 0 aliphatic heterocycles. The Labute approximate surface area is 210 Å². The van der Waals surface area contributed by atoms with Gasteiger partial charge in [0.15, 0.2) is 0 Å². The molecule has 0 unspecified atom stereocenters. The fourth-order valence-corrected chi connectivity index (χ4v) is 5.17. The van der Waals surface area contributed by atoms with E-state index in [-0.39, 0.29) is 11.0 Å². The Morgan fingerprint density at radius 1 is 0.833 bits per heavy atom. The Kier molecular flexibility index (Phi) is 6.28. The van der Waals surface area contributed by atoms with E-state index in [1.807, 2.05) is 44.2 Å². The number of hydrogen-bond donors (Lipinski definition) is 1. The van der Waals surface area contributed by atoms with E-state index >= 15 is 0 Å². The zero-order valence-electron chi connectivity index (χ0n) is 19.8. The van der Waals surface area contributed by atoms with Crippen molar-refractivity contribution in [2.24, 2.45) is 0 Å². The number of rotatable bonds is 5. The van der Waals surface area contributed by atoms with Gasteiger partial charge >= 0.3 is 0 Å². The van der Waals surface area contributed by atoms with Gasteiger partial charge in [-0.2, -0.15) is 0 Å². The van der Waals surface area contributed by atoms with Crippen LogP contribution in [-0.2, 0) is 10.0 Å². The number of sulfonamides is 1. The summed E-state index contributed by atoms with van der Waals surface area (Å²) in [5.41, 5.74) is 2.03. The van der Waals surface area contributed by atoms with E-state index in [0.717, 1.165) is 16.3 Å². The van der Waals surface area contributed by atoms with Crippen molar-refractivity contribution in [1.29, 1.82) is 0 Å². The van der Waals surface area contributed by atoms with Crippen LogP contribution >= 0.6 is 0 Å². The normalized spacial score (nSPS) is 11.3. The first-order valence-corrected chi connectivity index (χ1v) is 12.9. The van der Waals surface area contributed by atoms with Gasteiger partial charge in [0, 0.05) is 40.3 Å². The van der Waals surface area contributed by atoms with Crippen LogP contribution in [0.25, 0.3) is 21.7 Å². The molecule has 1 N–H and O–H groups in total. The zero-order valence-corrected chi connectivity index (χ0v) is 20.6. The van der Waals surface area contributed by atoms with Crippen LogP contribution in [0.2, 0.25) is 0 Å². The minimum Gasteiger partial charge on any atom is -0.490 e. The molecular weight excluding hydrogens is 470 g/mol. The quantitative estimate of drug-likeness (QED) is 0.314. The molecule has 0 amide bonds. The Hall–Kier alpha value is -4.41. The first kappa shape index (κ1) is 23.3.